The molecule has 0 saturated carbocycles. The van der Waals surface area contributed by atoms with Gasteiger partial charge < -0.3 is 5.11 Å². The highest BCUT2D eigenvalue weighted by Gasteiger charge is 2.27. The molecule has 1 unspecified atom stereocenters. The smallest absolute Gasteiger partial charge is 0.185 e. The molecule has 0 radical (unpaired) electrons. The number of Topliss-reactive ketones (excluding diaryl/α,β-unsaturated/α-hetero) is 1. The standard InChI is InChI=1S/C27H46O3/c1-19(2)10-8-11-20(3)12-9-13-21(4)14-16-27(7,30)17-15-24-18-25(28)22(5)23(6)26(24)29/h18-21,30H,8-17H2,1-7H3/t20-,21-,27?/m1/s1. The molecule has 0 aromatic rings. The molecule has 0 aliphatic heterocycles. The summed E-state index contributed by atoms with van der Waals surface area (Å²) in [7, 11) is 0. The highest BCUT2D eigenvalue weighted by molar-refractivity contribution is 6.22. The van der Waals surface area contributed by atoms with Crippen LogP contribution in [0, 0.1) is 17.8 Å². The first-order chi connectivity index (χ1) is 13.9. The van der Waals surface area contributed by atoms with E-state index in [0.29, 0.717) is 35.5 Å². The van der Waals surface area contributed by atoms with Gasteiger partial charge in [0.1, 0.15) is 0 Å². The number of allylic oxidation sites excluding steroid dienone is 4. The zero-order chi connectivity index (χ0) is 22.9. The summed E-state index contributed by atoms with van der Waals surface area (Å²) in [5, 5.41) is 10.8. The van der Waals surface area contributed by atoms with Gasteiger partial charge in [-0.15, -0.1) is 0 Å². The number of carbonyl (C=O) groups excluding carboxylic acids is 2. The maximum atomic E-state index is 12.4. The van der Waals surface area contributed by atoms with Gasteiger partial charge in [0.05, 0.1) is 5.60 Å². The van der Waals surface area contributed by atoms with Crippen LogP contribution >= 0.6 is 0 Å². The molecule has 1 aliphatic rings. The number of ketones is 2. The Balaban J connectivity index is 2.30. The topological polar surface area (TPSA) is 54.4 Å². The zero-order valence-electron chi connectivity index (χ0n) is 20.6. The van der Waals surface area contributed by atoms with Gasteiger partial charge in [-0.1, -0.05) is 66.2 Å². The van der Waals surface area contributed by atoms with Gasteiger partial charge in [-0.25, -0.2) is 0 Å². The van der Waals surface area contributed by atoms with Gasteiger partial charge in [0.15, 0.2) is 11.6 Å². The molecule has 0 saturated heterocycles. The van der Waals surface area contributed by atoms with Gasteiger partial charge in [0.2, 0.25) is 0 Å². The fourth-order valence-electron chi connectivity index (χ4n) is 4.18. The predicted octanol–water partition coefficient (Wildman–Crippen LogP) is 6.98. The second-order valence-corrected chi connectivity index (χ2v) is 10.6. The van der Waals surface area contributed by atoms with E-state index >= 15 is 0 Å². The second kappa shape index (κ2) is 12.6. The van der Waals surface area contributed by atoms with Crippen LogP contribution in [-0.4, -0.2) is 22.3 Å². The molecule has 3 nitrogen and oxygen atoms in total. The molecule has 1 rings (SSSR count). The summed E-state index contributed by atoms with van der Waals surface area (Å²) in [6.45, 7) is 14.5. The summed E-state index contributed by atoms with van der Waals surface area (Å²) in [5.41, 5.74) is 0.831. The average molecular weight is 419 g/mol. The van der Waals surface area contributed by atoms with Crippen LogP contribution in [0.4, 0.5) is 0 Å². The SMILES string of the molecule is CC1=C(C)C(=O)C(CCC(C)(O)CC[C@H](C)CCC[C@H](C)CCCC(C)C)=CC1=O. The van der Waals surface area contributed by atoms with Crippen molar-refractivity contribution >= 4 is 11.6 Å². The van der Waals surface area contributed by atoms with Crippen molar-refractivity contribution in [1.82, 2.24) is 0 Å². The fourth-order valence-corrected chi connectivity index (χ4v) is 4.18. The first-order valence-electron chi connectivity index (χ1n) is 12.1. The fraction of sp³-hybridized carbons (Fsp3) is 0.778. The Morgan fingerprint density at radius 2 is 1.37 bits per heavy atom. The maximum Gasteiger partial charge on any atom is 0.185 e. The Morgan fingerprint density at radius 1 is 0.833 bits per heavy atom. The molecular formula is C27H46O3. The van der Waals surface area contributed by atoms with Crippen molar-refractivity contribution in [1.29, 1.82) is 0 Å². The minimum Gasteiger partial charge on any atom is -0.390 e. The summed E-state index contributed by atoms with van der Waals surface area (Å²) < 4.78 is 0. The van der Waals surface area contributed by atoms with Crippen LogP contribution in [0.2, 0.25) is 0 Å². The predicted molar refractivity (Wildman–Crippen MR) is 126 cm³/mol. The molecular weight excluding hydrogens is 372 g/mol. The Hall–Kier alpha value is -1.22. The molecule has 172 valence electrons. The van der Waals surface area contributed by atoms with Crippen LogP contribution in [0.25, 0.3) is 0 Å². The molecule has 3 atom stereocenters. The second-order valence-electron chi connectivity index (χ2n) is 10.6. The molecule has 0 amide bonds. The first-order valence-corrected chi connectivity index (χ1v) is 12.1. The summed E-state index contributed by atoms with van der Waals surface area (Å²) in [6.07, 6.45) is 12.0. The normalized spacial score (nSPS) is 19.2. The van der Waals surface area contributed by atoms with Gasteiger partial charge >= 0.3 is 0 Å². The van der Waals surface area contributed by atoms with E-state index in [2.05, 4.69) is 27.7 Å². The van der Waals surface area contributed by atoms with E-state index in [4.69, 9.17) is 0 Å². The van der Waals surface area contributed by atoms with Gasteiger partial charge in [-0.3, -0.25) is 9.59 Å². The van der Waals surface area contributed by atoms with E-state index in [-0.39, 0.29) is 11.6 Å². The summed E-state index contributed by atoms with van der Waals surface area (Å²) >= 11 is 0. The first kappa shape index (κ1) is 26.8. The Labute approximate surface area is 185 Å². The van der Waals surface area contributed by atoms with Gasteiger partial charge in [-0.2, -0.15) is 0 Å². The van der Waals surface area contributed by atoms with Crippen molar-refractivity contribution in [2.45, 2.75) is 118 Å². The van der Waals surface area contributed by atoms with Crippen LogP contribution in [0.5, 0.6) is 0 Å². The zero-order valence-corrected chi connectivity index (χ0v) is 20.6. The molecule has 0 spiro atoms. The molecule has 0 heterocycles. The number of aliphatic hydroxyl groups is 1. The number of rotatable bonds is 14. The van der Waals surface area contributed by atoms with Crippen LogP contribution in [0.15, 0.2) is 22.8 Å². The molecule has 0 aromatic carbocycles. The minimum absolute atomic E-state index is 0.0428. The average Bonchev–Trinajstić information content (AvgIpc) is 2.66. The van der Waals surface area contributed by atoms with E-state index in [1.807, 2.05) is 6.92 Å². The van der Waals surface area contributed by atoms with Gasteiger partial charge in [0, 0.05) is 16.7 Å². The van der Waals surface area contributed by atoms with Gasteiger partial charge in [-0.05, 0) is 70.3 Å². The van der Waals surface area contributed by atoms with E-state index in [9.17, 15) is 14.7 Å². The third kappa shape index (κ3) is 9.73. The number of hydrogen-bond acceptors (Lipinski definition) is 3. The summed E-state index contributed by atoms with van der Waals surface area (Å²) in [6, 6.07) is 0. The monoisotopic (exact) mass is 418 g/mol. The highest BCUT2D eigenvalue weighted by atomic mass is 16.3. The van der Waals surface area contributed by atoms with Crippen molar-refractivity contribution in [2.24, 2.45) is 17.8 Å². The van der Waals surface area contributed by atoms with E-state index < -0.39 is 5.60 Å². The van der Waals surface area contributed by atoms with Gasteiger partial charge in [0.25, 0.3) is 0 Å². The maximum absolute atomic E-state index is 12.4. The Kier molecular flexibility index (Phi) is 11.3. The van der Waals surface area contributed by atoms with Crippen LogP contribution in [0.1, 0.15) is 113 Å². The minimum atomic E-state index is -0.799. The summed E-state index contributed by atoms with van der Waals surface area (Å²) in [5.74, 6) is 2.10. The largest absolute Gasteiger partial charge is 0.390 e. The molecule has 3 heteroatoms. The van der Waals surface area contributed by atoms with E-state index in [1.54, 1.807) is 13.8 Å². The Bertz CT molecular complexity index is 636. The van der Waals surface area contributed by atoms with Crippen molar-refractivity contribution in [2.75, 3.05) is 0 Å². The molecule has 0 aromatic heterocycles. The molecule has 1 N–H and O–H groups in total. The molecule has 30 heavy (non-hydrogen) atoms. The van der Waals surface area contributed by atoms with Crippen molar-refractivity contribution in [3.8, 4) is 0 Å². The Morgan fingerprint density at radius 3 is 1.93 bits per heavy atom. The van der Waals surface area contributed by atoms with Crippen molar-refractivity contribution in [3.63, 3.8) is 0 Å². The molecule has 1 aliphatic carbocycles. The number of hydrogen-bond donors (Lipinski definition) is 1. The van der Waals surface area contributed by atoms with Crippen molar-refractivity contribution in [3.05, 3.63) is 22.8 Å². The molecule has 0 fully saturated rings. The summed E-state index contributed by atoms with van der Waals surface area (Å²) in [4.78, 5) is 24.4. The third-order valence-corrected chi connectivity index (χ3v) is 6.85. The lowest BCUT2D eigenvalue weighted by Crippen LogP contribution is -2.26. The quantitative estimate of drug-likeness (QED) is 0.310. The van der Waals surface area contributed by atoms with Crippen molar-refractivity contribution < 1.29 is 14.7 Å². The lowest BCUT2D eigenvalue weighted by Gasteiger charge is -2.26. The highest BCUT2D eigenvalue weighted by Crippen LogP contribution is 2.29. The van der Waals surface area contributed by atoms with E-state index in [0.717, 1.165) is 24.7 Å². The number of carbonyl (C=O) groups is 2. The third-order valence-electron chi connectivity index (χ3n) is 6.85. The van der Waals surface area contributed by atoms with Crippen LogP contribution in [-0.2, 0) is 9.59 Å². The lowest BCUT2D eigenvalue weighted by atomic mass is 9.84. The van der Waals surface area contributed by atoms with Crippen LogP contribution < -0.4 is 0 Å². The molecule has 0 bridgehead atoms. The van der Waals surface area contributed by atoms with Crippen LogP contribution in [0.3, 0.4) is 0 Å². The lowest BCUT2D eigenvalue weighted by molar-refractivity contribution is -0.116. The van der Waals surface area contributed by atoms with E-state index in [1.165, 1.54) is 44.6 Å².